The number of hydrogen-bond donors (Lipinski definition) is 1. The topological polar surface area (TPSA) is 29.5 Å². The lowest BCUT2D eigenvalue weighted by Gasteiger charge is -2.22. The first-order valence-electron chi connectivity index (χ1n) is 7.52. The van der Waals surface area contributed by atoms with Crippen molar-refractivity contribution in [3.05, 3.63) is 64.7 Å². The molecule has 2 rings (SSSR count). The summed E-state index contributed by atoms with van der Waals surface area (Å²) in [6, 6.07) is 14.2. The fourth-order valence-corrected chi connectivity index (χ4v) is 2.32. The maximum atomic E-state index is 10.4. The van der Waals surface area contributed by atoms with Gasteiger partial charge in [-0.05, 0) is 55.5 Å². The summed E-state index contributed by atoms with van der Waals surface area (Å²) in [7, 11) is 0. The maximum Gasteiger partial charge on any atom is 0.126 e. The Hall–Kier alpha value is -1.80. The summed E-state index contributed by atoms with van der Waals surface area (Å²) in [4.78, 5) is 0. The summed E-state index contributed by atoms with van der Waals surface area (Å²) in [6.07, 6.45) is 0.0825. The monoisotopic (exact) mass is 284 g/mol. The van der Waals surface area contributed by atoms with Gasteiger partial charge < -0.3 is 9.84 Å². The molecule has 0 aliphatic rings. The molecule has 21 heavy (non-hydrogen) atoms. The van der Waals surface area contributed by atoms with E-state index in [0.717, 1.165) is 28.9 Å². The standard InChI is InChI=1S/C19H24O2/c1-5-16-8-10-17(11-9-16)19(20)15(4)21-18-12-13(2)6-7-14(18)3/h6-12,15,19-20H,5H2,1-4H3. The molecular weight excluding hydrogens is 260 g/mol. The van der Waals surface area contributed by atoms with Crippen LogP contribution in [0.2, 0.25) is 0 Å². The molecule has 2 unspecified atom stereocenters. The minimum absolute atomic E-state index is 0.294. The molecule has 2 aromatic carbocycles. The van der Waals surface area contributed by atoms with E-state index in [0.29, 0.717) is 0 Å². The van der Waals surface area contributed by atoms with E-state index in [4.69, 9.17) is 4.74 Å². The molecular formula is C19H24O2. The first-order valence-corrected chi connectivity index (χ1v) is 7.52. The molecule has 1 N–H and O–H groups in total. The maximum absolute atomic E-state index is 10.4. The van der Waals surface area contributed by atoms with E-state index in [-0.39, 0.29) is 6.10 Å². The first-order chi connectivity index (χ1) is 10.0. The fourth-order valence-electron chi connectivity index (χ4n) is 2.32. The predicted molar refractivity (Wildman–Crippen MR) is 86.8 cm³/mol. The number of ether oxygens (including phenoxy) is 1. The summed E-state index contributed by atoms with van der Waals surface area (Å²) < 4.78 is 5.95. The van der Waals surface area contributed by atoms with Gasteiger partial charge in [0.2, 0.25) is 0 Å². The van der Waals surface area contributed by atoms with Gasteiger partial charge in [-0.2, -0.15) is 0 Å². The largest absolute Gasteiger partial charge is 0.487 e. The first kappa shape index (κ1) is 15.6. The average molecular weight is 284 g/mol. The van der Waals surface area contributed by atoms with Crippen LogP contribution in [0.5, 0.6) is 5.75 Å². The Balaban J connectivity index is 2.11. The van der Waals surface area contributed by atoms with Crippen LogP contribution in [0.4, 0.5) is 0 Å². The van der Waals surface area contributed by atoms with Crippen LogP contribution in [-0.4, -0.2) is 11.2 Å². The molecule has 0 bridgehead atoms. The van der Waals surface area contributed by atoms with E-state index in [1.165, 1.54) is 5.56 Å². The molecule has 0 fully saturated rings. The third-order valence-corrected chi connectivity index (χ3v) is 3.83. The highest BCUT2D eigenvalue weighted by atomic mass is 16.5. The van der Waals surface area contributed by atoms with Gasteiger partial charge in [-0.25, -0.2) is 0 Å². The van der Waals surface area contributed by atoms with Crippen molar-refractivity contribution in [2.24, 2.45) is 0 Å². The Bertz CT molecular complexity index is 587. The van der Waals surface area contributed by atoms with Gasteiger partial charge in [-0.3, -0.25) is 0 Å². The van der Waals surface area contributed by atoms with Crippen LogP contribution in [0, 0.1) is 13.8 Å². The van der Waals surface area contributed by atoms with Crippen molar-refractivity contribution in [3.8, 4) is 5.75 Å². The normalized spacial score (nSPS) is 13.8. The van der Waals surface area contributed by atoms with E-state index in [2.05, 4.69) is 25.1 Å². The molecule has 0 radical (unpaired) electrons. The summed E-state index contributed by atoms with van der Waals surface area (Å²) in [6.45, 7) is 8.08. The smallest absolute Gasteiger partial charge is 0.126 e. The average Bonchev–Trinajstić information content (AvgIpc) is 2.50. The molecule has 2 atom stereocenters. The molecule has 2 heteroatoms. The van der Waals surface area contributed by atoms with E-state index in [9.17, 15) is 5.11 Å². The fraction of sp³-hybridized carbons (Fsp3) is 0.368. The van der Waals surface area contributed by atoms with Gasteiger partial charge in [0.05, 0.1) is 0 Å². The van der Waals surface area contributed by atoms with Crippen molar-refractivity contribution in [1.29, 1.82) is 0 Å². The van der Waals surface area contributed by atoms with Crippen molar-refractivity contribution < 1.29 is 9.84 Å². The molecule has 0 saturated heterocycles. The molecule has 0 amide bonds. The lowest BCUT2D eigenvalue weighted by molar-refractivity contribution is 0.0463. The van der Waals surface area contributed by atoms with Gasteiger partial charge in [0, 0.05) is 0 Å². The summed E-state index contributed by atoms with van der Waals surface area (Å²) >= 11 is 0. The van der Waals surface area contributed by atoms with Crippen LogP contribution in [0.15, 0.2) is 42.5 Å². The van der Waals surface area contributed by atoms with E-state index in [1.807, 2.05) is 45.0 Å². The minimum Gasteiger partial charge on any atom is -0.487 e. The number of benzene rings is 2. The van der Waals surface area contributed by atoms with Crippen molar-refractivity contribution in [2.75, 3.05) is 0 Å². The van der Waals surface area contributed by atoms with Gasteiger partial charge in [0.15, 0.2) is 0 Å². The molecule has 0 heterocycles. The van der Waals surface area contributed by atoms with Crippen LogP contribution in [0.1, 0.15) is 42.2 Å². The Morgan fingerprint density at radius 2 is 1.71 bits per heavy atom. The molecule has 0 aliphatic heterocycles. The second kappa shape index (κ2) is 6.77. The Morgan fingerprint density at radius 1 is 1.05 bits per heavy atom. The van der Waals surface area contributed by atoms with Gasteiger partial charge in [0.1, 0.15) is 18.0 Å². The molecule has 2 nitrogen and oxygen atoms in total. The van der Waals surface area contributed by atoms with Crippen LogP contribution in [0.25, 0.3) is 0 Å². The predicted octanol–water partition coefficient (Wildman–Crippen LogP) is 4.37. The number of hydrogen-bond acceptors (Lipinski definition) is 2. The SMILES string of the molecule is CCc1ccc(C(O)C(C)Oc2cc(C)ccc2C)cc1. The van der Waals surface area contributed by atoms with E-state index >= 15 is 0 Å². The number of aliphatic hydroxyl groups is 1. The van der Waals surface area contributed by atoms with Gasteiger partial charge in [-0.1, -0.05) is 43.3 Å². The molecule has 0 saturated carbocycles. The van der Waals surface area contributed by atoms with Crippen LogP contribution in [-0.2, 0) is 6.42 Å². The zero-order chi connectivity index (χ0) is 15.4. The van der Waals surface area contributed by atoms with E-state index in [1.54, 1.807) is 0 Å². The lowest BCUT2D eigenvalue weighted by Crippen LogP contribution is -2.22. The van der Waals surface area contributed by atoms with Crippen molar-refractivity contribution in [3.63, 3.8) is 0 Å². The van der Waals surface area contributed by atoms with Crippen molar-refractivity contribution >= 4 is 0 Å². The van der Waals surface area contributed by atoms with Crippen molar-refractivity contribution in [1.82, 2.24) is 0 Å². The third-order valence-electron chi connectivity index (χ3n) is 3.83. The van der Waals surface area contributed by atoms with Gasteiger partial charge >= 0.3 is 0 Å². The summed E-state index contributed by atoms with van der Waals surface area (Å²) in [5, 5.41) is 10.4. The Labute approximate surface area is 127 Å². The summed E-state index contributed by atoms with van der Waals surface area (Å²) in [5.74, 6) is 0.840. The highest BCUT2D eigenvalue weighted by Crippen LogP contribution is 2.25. The van der Waals surface area contributed by atoms with Crippen molar-refractivity contribution in [2.45, 2.75) is 46.3 Å². The zero-order valence-corrected chi connectivity index (χ0v) is 13.3. The van der Waals surface area contributed by atoms with Crippen LogP contribution in [0.3, 0.4) is 0 Å². The highest BCUT2D eigenvalue weighted by molar-refractivity contribution is 5.36. The lowest BCUT2D eigenvalue weighted by atomic mass is 10.0. The van der Waals surface area contributed by atoms with Crippen LogP contribution >= 0.6 is 0 Å². The second-order valence-corrected chi connectivity index (χ2v) is 5.63. The summed E-state index contributed by atoms with van der Waals surface area (Å²) in [5.41, 5.74) is 4.41. The molecule has 0 aromatic heterocycles. The van der Waals surface area contributed by atoms with E-state index < -0.39 is 6.10 Å². The number of aryl methyl sites for hydroxylation is 3. The number of rotatable bonds is 5. The third kappa shape index (κ3) is 3.85. The Morgan fingerprint density at radius 3 is 2.33 bits per heavy atom. The quantitative estimate of drug-likeness (QED) is 0.883. The second-order valence-electron chi connectivity index (χ2n) is 5.63. The highest BCUT2D eigenvalue weighted by Gasteiger charge is 2.18. The van der Waals surface area contributed by atoms with Crippen LogP contribution < -0.4 is 4.74 Å². The Kier molecular flexibility index (Phi) is 5.03. The van der Waals surface area contributed by atoms with Gasteiger partial charge in [0.25, 0.3) is 0 Å². The molecule has 0 aliphatic carbocycles. The zero-order valence-electron chi connectivity index (χ0n) is 13.3. The molecule has 112 valence electrons. The molecule has 0 spiro atoms. The molecule has 2 aromatic rings. The number of aliphatic hydroxyl groups excluding tert-OH is 1. The minimum atomic E-state index is -0.629. The van der Waals surface area contributed by atoms with Gasteiger partial charge in [-0.15, -0.1) is 0 Å².